The average molecular weight is 449 g/mol. The Labute approximate surface area is 176 Å². The van der Waals surface area contributed by atoms with E-state index in [1.54, 1.807) is 6.07 Å². The Bertz CT molecular complexity index is 1310. The molecular formula is C21H18F3N3O3S. The first-order chi connectivity index (χ1) is 14.5. The zero-order valence-corrected chi connectivity index (χ0v) is 17.4. The van der Waals surface area contributed by atoms with Crippen molar-refractivity contribution in [3.63, 3.8) is 0 Å². The third-order valence-electron chi connectivity index (χ3n) is 5.08. The summed E-state index contributed by atoms with van der Waals surface area (Å²) in [7, 11) is -3.44. The van der Waals surface area contributed by atoms with Crippen molar-refractivity contribution in [2.75, 3.05) is 5.32 Å². The van der Waals surface area contributed by atoms with Crippen LogP contribution in [0.5, 0.6) is 0 Å². The molecule has 0 radical (unpaired) electrons. The van der Waals surface area contributed by atoms with Crippen LogP contribution in [0, 0.1) is 13.8 Å². The minimum Gasteiger partial charge on any atom is -0.306 e. The van der Waals surface area contributed by atoms with Crippen molar-refractivity contribution in [3.05, 3.63) is 76.0 Å². The van der Waals surface area contributed by atoms with Gasteiger partial charge >= 0.3 is 6.18 Å². The predicted octanol–water partition coefficient (Wildman–Crippen LogP) is 4.19. The number of benzene rings is 2. The molecule has 1 N–H and O–H groups in total. The van der Waals surface area contributed by atoms with Gasteiger partial charge < -0.3 is 5.32 Å². The van der Waals surface area contributed by atoms with E-state index < -0.39 is 33.0 Å². The summed E-state index contributed by atoms with van der Waals surface area (Å²) in [5.41, 5.74) is 1.34. The second-order valence-corrected chi connectivity index (χ2v) is 9.57. The number of sulfone groups is 1. The van der Waals surface area contributed by atoms with E-state index in [0.717, 1.165) is 23.3 Å². The van der Waals surface area contributed by atoms with Crippen molar-refractivity contribution in [2.24, 2.45) is 0 Å². The highest BCUT2D eigenvalue weighted by Gasteiger charge is 2.37. The van der Waals surface area contributed by atoms with Crippen molar-refractivity contribution in [2.45, 2.75) is 31.5 Å². The summed E-state index contributed by atoms with van der Waals surface area (Å²) in [6.07, 6.45) is -4.72. The Balaban J connectivity index is 1.83. The second-order valence-electron chi connectivity index (χ2n) is 7.51. The van der Waals surface area contributed by atoms with E-state index in [1.165, 1.54) is 16.8 Å². The van der Waals surface area contributed by atoms with Gasteiger partial charge in [-0.1, -0.05) is 29.8 Å². The van der Waals surface area contributed by atoms with Gasteiger partial charge in [-0.3, -0.25) is 4.79 Å². The first kappa shape index (κ1) is 21.1. The van der Waals surface area contributed by atoms with Gasteiger partial charge in [0.15, 0.2) is 9.84 Å². The fraction of sp³-hybridized carbons (Fsp3) is 0.238. The molecule has 162 valence electrons. The maximum Gasteiger partial charge on any atom is 0.417 e. The first-order valence-electron chi connectivity index (χ1n) is 9.33. The normalized spacial score (nSPS) is 15.0. The molecule has 1 aliphatic rings. The topological polar surface area (TPSA) is 81.1 Å². The van der Waals surface area contributed by atoms with Crippen LogP contribution in [0.4, 0.5) is 19.0 Å². The number of carbonyl (C=O) groups excluding carboxylic acids is 1. The van der Waals surface area contributed by atoms with Crippen LogP contribution in [0.25, 0.3) is 5.69 Å². The number of alkyl halides is 3. The molecule has 1 aromatic heterocycles. The second kappa shape index (κ2) is 7.23. The van der Waals surface area contributed by atoms with Crippen molar-refractivity contribution in [3.8, 4) is 5.69 Å². The summed E-state index contributed by atoms with van der Waals surface area (Å²) in [6.45, 7) is 3.74. The highest BCUT2D eigenvalue weighted by Crippen LogP contribution is 2.35. The molecule has 0 saturated carbocycles. The number of aromatic nitrogens is 2. The summed E-state index contributed by atoms with van der Waals surface area (Å²) in [6, 6.07) is 9.92. The molecule has 0 atom stereocenters. The molecule has 0 unspecified atom stereocenters. The lowest BCUT2D eigenvalue weighted by atomic mass is 10.1. The zero-order valence-electron chi connectivity index (χ0n) is 16.6. The number of nitrogens with one attached hydrogen (secondary N) is 1. The van der Waals surface area contributed by atoms with Crippen LogP contribution in [0.15, 0.2) is 42.5 Å². The Morgan fingerprint density at radius 3 is 2.48 bits per heavy atom. The number of halogens is 3. The summed E-state index contributed by atoms with van der Waals surface area (Å²) in [5.74, 6) is -1.57. The van der Waals surface area contributed by atoms with Crippen LogP contribution in [-0.2, 0) is 27.5 Å². The monoisotopic (exact) mass is 449 g/mol. The van der Waals surface area contributed by atoms with Gasteiger partial charge in [0.2, 0.25) is 0 Å². The number of hydrogen-bond acceptors (Lipinski definition) is 4. The largest absolute Gasteiger partial charge is 0.417 e. The fourth-order valence-corrected chi connectivity index (χ4v) is 5.19. The molecule has 0 aliphatic carbocycles. The highest BCUT2D eigenvalue weighted by atomic mass is 32.2. The predicted molar refractivity (Wildman–Crippen MR) is 109 cm³/mol. The smallest absolute Gasteiger partial charge is 0.306 e. The number of nitrogens with zero attached hydrogens (tertiary/aromatic N) is 2. The van der Waals surface area contributed by atoms with Crippen molar-refractivity contribution in [1.29, 1.82) is 0 Å². The molecule has 4 rings (SSSR count). The number of amides is 1. The van der Waals surface area contributed by atoms with Crippen LogP contribution in [0.1, 0.15) is 38.3 Å². The lowest BCUT2D eigenvalue weighted by Gasteiger charge is -2.15. The molecule has 0 spiro atoms. The average Bonchev–Trinajstić information content (AvgIpc) is 3.13. The SMILES string of the molecule is Cc1ccc(-n2nc3c(c2NC(=O)c2ccccc2C(F)(F)F)CS(=O)(=O)C3)c(C)c1. The first-order valence-corrected chi connectivity index (χ1v) is 11.1. The summed E-state index contributed by atoms with van der Waals surface area (Å²) >= 11 is 0. The van der Waals surface area contributed by atoms with Crippen molar-refractivity contribution >= 4 is 21.6 Å². The van der Waals surface area contributed by atoms with Crippen LogP contribution in [0.3, 0.4) is 0 Å². The summed E-state index contributed by atoms with van der Waals surface area (Å²) in [4.78, 5) is 12.9. The number of hydrogen-bond donors (Lipinski definition) is 1. The van der Waals surface area contributed by atoms with Crippen LogP contribution >= 0.6 is 0 Å². The van der Waals surface area contributed by atoms with E-state index in [2.05, 4.69) is 10.4 Å². The highest BCUT2D eigenvalue weighted by molar-refractivity contribution is 7.90. The summed E-state index contributed by atoms with van der Waals surface area (Å²) in [5, 5.41) is 6.86. The number of anilines is 1. The van der Waals surface area contributed by atoms with Gasteiger partial charge in [0, 0.05) is 5.56 Å². The maximum atomic E-state index is 13.4. The number of fused-ring (bicyclic) bond motifs is 1. The molecule has 0 bridgehead atoms. The number of aryl methyl sites for hydroxylation is 2. The molecule has 0 fully saturated rings. The minimum absolute atomic E-state index is 0.0602. The molecule has 1 amide bonds. The van der Waals surface area contributed by atoms with Gasteiger partial charge in [0.1, 0.15) is 5.82 Å². The third kappa shape index (κ3) is 3.95. The van der Waals surface area contributed by atoms with Crippen LogP contribution in [-0.4, -0.2) is 24.1 Å². The van der Waals surface area contributed by atoms with E-state index >= 15 is 0 Å². The number of carbonyl (C=O) groups is 1. The van der Waals surface area contributed by atoms with Crippen LogP contribution < -0.4 is 5.32 Å². The minimum atomic E-state index is -4.72. The fourth-order valence-electron chi connectivity index (χ4n) is 3.69. The Kier molecular flexibility index (Phi) is 4.92. The van der Waals surface area contributed by atoms with Crippen molar-refractivity contribution < 1.29 is 26.4 Å². The molecular weight excluding hydrogens is 431 g/mol. The standard InChI is InChI=1S/C21H18F3N3O3S/c1-12-7-8-18(13(2)9-12)27-19(15-10-31(29,30)11-17(15)26-27)25-20(28)14-5-3-4-6-16(14)21(22,23)24/h3-9H,10-11H2,1-2H3,(H,25,28). The quantitative estimate of drug-likeness (QED) is 0.650. The van der Waals surface area contributed by atoms with Gasteiger partial charge in [0.05, 0.1) is 34.0 Å². The summed E-state index contributed by atoms with van der Waals surface area (Å²) < 4.78 is 65.7. The van der Waals surface area contributed by atoms with Crippen molar-refractivity contribution in [1.82, 2.24) is 9.78 Å². The van der Waals surface area contributed by atoms with Gasteiger partial charge in [-0.25, -0.2) is 13.1 Å². The van der Waals surface area contributed by atoms with E-state index in [0.29, 0.717) is 5.69 Å². The van der Waals surface area contributed by atoms with Gasteiger partial charge in [-0.2, -0.15) is 18.3 Å². The Hall–Kier alpha value is -3.14. The number of rotatable bonds is 3. The molecule has 2 aromatic carbocycles. The van der Waals surface area contributed by atoms with E-state index in [9.17, 15) is 26.4 Å². The lowest BCUT2D eigenvalue weighted by Crippen LogP contribution is -2.21. The third-order valence-corrected chi connectivity index (χ3v) is 6.52. The molecule has 1 aliphatic heterocycles. The molecule has 3 aromatic rings. The molecule has 10 heteroatoms. The Morgan fingerprint density at radius 1 is 1.10 bits per heavy atom. The van der Waals surface area contributed by atoms with Gasteiger partial charge in [0.25, 0.3) is 5.91 Å². The lowest BCUT2D eigenvalue weighted by molar-refractivity contribution is -0.137. The molecule has 6 nitrogen and oxygen atoms in total. The van der Waals surface area contributed by atoms with E-state index in [4.69, 9.17) is 0 Å². The van der Waals surface area contributed by atoms with Gasteiger partial charge in [-0.15, -0.1) is 0 Å². The molecule has 2 heterocycles. The molecule has 31 heavy (non-hydrogen) atoms. The maximum absolute atomic E-state index is 13.4. The van der Waals surface area contributed by atoms with E-state index in [-0.39, 0.29) is 28.6 Å². The van der Waals surface area contributed by atoms with E-state index in [1.807, 2.05) is 26.0 Å². The van der Waals surface area contributed by atoms with Crippen LogP contribution in [0.2, 0.25) is 0 Å². The van der Waals surface area contributed by atoms with Gasteiger partial charge in [-0.05, 0) is 37.6 Å². The Morgan fingerprint density at radius 2 is 1.81 bits per heavy atom. The zero-order chi connectivity index (χ0) is 22.6. The molecule has 0 saturated heterocycles.